The number of carbonyl (C=O) groups is 2. The van der Waals surface area contributed by atoms with Crippen LogP contribution in [0.25, 0.3) is 0 Å². The standard InChI is InChI=1S/C17H21F2NO4/c1-10-5-6-11(14(21)22)7-12(10)13-8-17(18,19)9-20(13)15(23)24-16(2,3)4/h5-7,13H,8-9H2,1-4H3,(H,21,22). The van der Waals surface area contributed by atoms with Crippen molar-refractivity contribution in [1.29, 1.82) is 0 Å². The lowest BCUT2D eigenvalue weighted by Gasteiger charge is -2.29. The molecule has 1 fully saturated rings. The van der Waals surface area contributed by atoms with Crippen molar-refractivity contribution in [2.45, 2.75) is 51.7 Å². The van der Waals surface area contributed by atoms with E-state index in [1.807, 2.05) is 0 Å². The van der Waals surface area contributed by atoms with Crippen LogP contribution in [0.1, 0.15) is 54.7 Å². The molecule has 1 aliphatic heterocycles. The van der Waals surface area contributed by atoms with E-state index in [-0.39, 0.29) is 5.56 Å². The molecule has 24 heavy (non-hydrogen) atoms. The van der Waals surface area contributed by atoms with Crippen LogP contribution >= 0.6 is 0 Å². The van der Waals surface area contributed by atoms with Gasteiger partial charge in [-0.05, 0) is 51.0 Å². The molecule has 0 aliphatic carbocycles. The van der Waals surface area contributed by atoms with Gasteiger partial charge >= 0.3 is 12.1 Å². The molecule has 0 radical (unpaired) electrons. The third-order valence-electron chi connectivity index (χ3n) is 3.78. The smallest absolute Gasteiger partial charge is 0.411 e. The van der Waals surface area contributed by atoms with Gasteiger partial charge in [-0.1, -0.05) is 6.07 Å². The van der Waals surface area contributed by atoms with E-state index in [9.17, 15) is 18.4 Å². The Balaban J connectivity index is 2.40. The minimum absolute atomic E-state index is 0.00467. The lowest BCUT2D eigenvalue weighted by atomic mass is 9.96. The molecule has 2 rings (SSSR count). The third kappa shape index (κ3) is 4.01. The van der Waals surface area contributed by atoms with Crippen LogP contribution in [0.15, 0.2) is 18.2 Å². The molecule has 1 unspecified atom stereocenters. The second-order valence-corrected chi connectivity index (χ2v) is 7.06. The first-order valence-corrected chi connectivity index (χ1v) is 7.61. The number of ether oxygens (including phenoxy) is 1. The van der Waals surface area contributed by atoms with Gasteiger partial charge < -0.3 is 9.84 Å². The number of alkyl halides is 2. The summed E-state index contributed by atoms with van der Waals surface area (Å²) in [6.07, 6.45) is -1.39. The van der Waals surface area contributed by atoms with E-state index < -0.39 is 42.6 Å². The minimum atomic E-state index is -3.05. The molecule has 1 N–H and O–H groups in total. The summed E-state index contributed by atoms with van der Waals surface area (Å²) in [5.74, 6) is -4.20. The Kier molecular flexibility index (Phi) is 4.57. The average molecular weight is 341 g/mol. The van der Waals surface area contributed by atoms with E-state index in [2.05, 4.69) is 0 Å². The van der Waals surface area contributed by atoms with Gasteiger partial charge in [0.25, 0.3) is 5.92 Å². The number of rotatable bonds is 2. The summed E-state index contributed by atoms with van der Waals surface area (Å²) in [6.45, 7) is 5.92. The molecule has 1 aliphatic rings. The number of amides is 1. The number of carboxylic acids is 1. The molecule has 0 saturated carbocycles. The molecule has 7 heteroatoms. The Hall–Kier alpha value is -2.18. The zero-order valence-corrected chi connectivity index (χ0v) is 14.1. The van der Waals surface area contributed by atoms with Crippen LogP contribution in [-0.4, -0.2) is 40.1 Å². The molecule has 5 nitrogen and oxygen atoms in total. The molecular weight excluding hydrogens is 320 g/mol. The number of carbonyl (C=O) groups excluding carboxylic acids is 1. The maximum Gasteiger partial charge on any atom is 0.411 e. The molecule has 1 aromatic carbocycles. The van der Waals surface area contributed by atoms with Crippen LogP contribution in [-0.2, 0) is 4.74 Å². The number of halogens is 2. The fraction of sp³-hybridized carbons (Fsp3) is 0.529. The molecule has 0 spiro atoms. The fourth-order valence-corrected chi connectivity index (χ4v) is 2.74. The quantitative estimate of drug-likeness (QED) is 0.882. The first kappa shape index (κ1) is 18.2. The number of aryl methyl sites for hydroxylation is 1. The lowest BCUT2D eigenvalue weighted by Crippen LogP contribution is -2.38. The molecule has 1 saturated heterocycles. The predicted molar refractivity (Wildman–Crippen MR) is 83.4 cm³/mol. The molecule has 1 amide bonds. The summed E-state index contributed by atoms with van der Waals surface area (Å²) in [4.78, 5) is 24.5. The van der Waals surface area contributed by atoms with Crippen molar-refractivity contribution in [1.82, 2.24) is 4.90 Å². The summed E-state index contributed by atoms with van der Waals surface area (Å²) >= 11 is 0. The van der Waals surface area contributed by atoms with Crippen molar-refractivity contribution in [3.8, 4) is 0 Å². The first-order chi connectivity index (χ1) is 10.9. The largest absolute Gasteiger partial charge is 0.478 e. The van der Waals surface area contributed by atoms with Gasteiger partial charge in [0.05, 0.1) is 18.2 Å². The lowest BCUT2D eigenvalue weighted by molar-refractivity contribution is -0.00243. The molecule has 1 atom stereocenters. The molecule has 0 aromatic heterocycles. The van der Waals surface area contributed by atoms with E-state index in [1.165, 1.54) is 12.1 Å². The van der Waals surface area contributed by atoms with E-state index in [0.29, 0.717) is 11.1 Å². The van der Waals surface area contributed by atoms with Crippen molar-refractivity contribution in [3.63, 3.8) is 0 Å². The number of hydrogen-bond acceptors (Lipinski definition) is 3. The second kappa shape index (κ2) is 6.03. The number of hydrogen-bond donors (Lipinski definition) is 1. The van der Waals surface area contributed by atoms with Crippen LogP contribution < -0.4 is 0 Å². The van der Waals surface area contributed by atoms with Crippen molar-refractivity contribution in [2.75, 3.05) is 6.54 Å². The van der Waals surface area contributed by atoms with Crippen molar-refractivity contribution in [2.24, 2.45) is 0 Å². The molecule has 1 aromatic rings. The molecule has 0 bridgehead atoms. The Bertz CT molecular complexity index is 667. The number of carboxylic acid groups (broad SMARTS) is 1. The van der Waals surface area contributed by atoms with Gasteiger partial charge in [0.2, 0.25) is 0 Å². The predicted octanol–water partition coefficient (Wildman–Crippen LogP) is 4.01. The van der Waals surface area contributed by atoms with E-state index in [4.69, 9.17) is 9.84 Å². The van der Waals surface area contributed by atoms with Crippen molar-refractivity contribution >= 4 is 12.1 Å². The number of benzene rings is 1. The summed E-state index contributed by atoms with van der Waals surface area (Å²) < 4.78 is 33.1. The normalized spacial score (nSPS) is 20.1. The zero-order chi connectivity index (χ0) is 18.3. The Labute approximate surface area is 139 Å². The van der Waals surface area contributed by atoms with Gasteiger partial charge in [0.1, 0.15) is 5.60 Å². The van der Waals surface area contributed by atoms with Crippen LogP contribution in [0.3, 0.4) is 0 Å². The van der Waals surface area contributed by atoms with Crippen LogP contribution in [0.5, 0.6) is 0 Å². The monoisotopic (exact) mass is 341 g/mol. The summed E-state index contributed by atoms with van der Waals surface area (Å²) in [6, 6.07) is 3.39. The van der Waals surface area contributed by atoms with Gasteiger partial charge in [-0.25, -0.2) is 18.4 Å². The Morgan fingerprint density at radius 2 is 1.96 bits per heavy atom. The van der Waals surface area contributed by atoms with E-state index in [1.54, 1.807) is 33.8 Å². The van der Waals surface area contributed by atoms with Gasteiger partial charge in [0.15, 0.2) is 0 Å². The second-order valence-electron chi connectivity index (χ2n) is 7.06. The van der Waals surface area contributed by atoms with E-state index >= 15 is 0 Å². The van der Waals surface area contributed by atoms with Crippen molar-refractivity contribution in [3.05, 3.63) is 34.9 Å². The zero-order valence-electron chi connectivity index (χ0n) is 14.1. The highest BCUT2D eigenvalue weighted by Crippen LogP contribution is 2.42. The van der Waals surface area contributed by atoms with Gasteiger partial charge in [-0.2, -0.15) is 0 Å². The van der Waals surface area contributed by atoms with Crippen LogP contribution in [0.2, 0.25) is 0 Å². The first-order valence-electron chi connectivity index (χ1n) is 7.61. The van der Waals surface area contributed by atoms with Crippen LogP contribution in [0.4, 0.5) is 13.6 Å². The number of nitrogens with zero attached hydrogens (tertiary/aromatic N) is 1. The van der Waals surface area contributed by atoms with Gasteiger partial charge in [-0.15, -0.1) is 0 Å². The number of likely N-dealkylation sites (tertiary alicyclic amines) is 1. The van der Waals surface area contributed by atoms with Gasteiger partial charge in [0, 0.05) is 6.42 Å². The highest BCUT2D eigenvalue weighted by Gasteiger charge is 2.49. The van der Waals surface area contributed by atoms with E-state index in [0.717, 1.165) is 4.90 Å². The average Bonchev–Trinajstić information content (AvgIpc) is 2.73. The Morgan fingerprint density at radius 3 is 2.50 bits per heavy atom. The van der Waals surface area contributed by atoms with Crippen molar-refractivity contribution < 1.29 is 28.2 Å². The van der Waals surface area contributed by atoms with Gasteiger partial charge in [-0.3, -0.25) is 4.90 Å². The number of aromatic carboxylic acids is 1. The Morgan fingerprint density at radius 1 is 1.33 bits per heavy atom. The maximum atomic E-state index is 13.9. The summed E-state index contributed by atoms with van der Waals surface area (Å²) in [5, 5.41) is 9.12. The highest BCUT2D eigenvalue weighted by molar-refractivity contribution is 5.88. The fourth-order valence-electron chi connectivity index (χ4n) is 2.74. The SMILES string of the molecule is Cc1ccc(C(=O)O)cc1C1CC(F)(F)CN1C(=O)OC(C)(C)C. The summed E-state index contributed by atoms with van der Waals surface area (Å²) in [7, 11) is 0. The topological polar surface area (TPSA) is 66.8 Å². The highest BCUT2D eigenvalue weighted by atomic mass is 19.3. The third-order valence-corrected chi connectivity index (χ3v) is 3.78. The molecular formula is C17H21F2NO4. The molecule has 132 valence electrons. The minimum Gasteiger partial charge on any atom is -0.478 e. The summed E-state index contributed by atoms with van der Waals surface area (Å²) in [5.41, 5.74) is 0.237. The molecule has 1 heterocycles. The van der Waals surface area contributed by atoms with Crippen LogP contribution in [0, 0.1) is 6.92 Å². The maximum absolute atomic E-state index is 13.9.